The Morgan fingerprint density at radius 2 is 2.06 bits per heavy atom. The Morgan fingerprint density at radius 3 is 2.62 bits per heavy atom. The molecule has 1 rings (SSSR count). The fraction of sp³-hybridized carbons (Fsp3) is 0.538. The Hall–Kier alpha value is -0.410. The van der Waals surface area contributed by atoms with Gasteiger partial charge >= 0.3 is 0 Å². The average molecular weight is 288 g/mol. The van der Waals surface area contributed by atoms with E-state index >= 15 is 0 Å². The third-order valence-electron chi connectivity index (χ3n) is 2.57. The van der Waals surface area contributed by atoms with E-state index in [0.29, 0.717) is 5.92 Å². The third kappa shape index (κ3) is 3.56. The van der Waals surface area contributed by atoms with E-state index in [1.807, 2.05) is 6.07 Å². The highest BCUT2D eigenvalue weighted by Crippen LogP contribution is 2.26. The molecule has 0 heterocycles. The first-order valence-electron chi connectivity index (χ1n) is 5.74. The maximum absolute atomic E-state index is 13.7. The van der Waals surface area contributed by atoms with Crippen molar-refractivity contribution >= 4 is 15.9 Å². The summed E-state index contributed by atoms with van der Waals surface area (Å²) in [5.41, 5.74) is 0.748. The van der Waals surface area contributed by atoms with Crippen LogP contribution in [0.1, 0.15) is 38.8 Å². The van der Waals surface area contributed by atoms with E-state index in [9.17, 15) is 4.39 Å². The molecule has 0 fully saturated rings. The first-order valence-corrected chi connectivity index (χ1v) is 6.54. The first-order chi connectivity index (χ1) is 7.56. The van der Waals surface area contributed by atoms with Crippen molar-refractivity contribution in [2.45, 2.75) is 33.2 Å². The van der Waals surface area contributed by atoms with Crippen molar-refractivity contribution in [2.75, 3.05) is 6.54 Å². The van der Waals surface area contributed by atoms with Gasteiger partial charge < -0.3 is 5.32 Å². The van der Waals surface area contributed by atoms with Crippen LogP contribution in [0.2, 0.25) is 0 Å². The second kappa shape index (κ2) is 6.36. The molecule has 0 radical (unpaired) electrons. The van der Waals surface area contributed by atoms with Crippen LogP contribution in [-0.2, 0) is 0 Å². The molecule has 0 saturated carbocycles. The Kier molecular flexibility index (Phi) is 5.42. The minimum absolute atomic E-state index is 0.0810. The quantitative estimate of drug-likeness (QED) is 0.852. The van der Waals surface area contributed by atoms with Crippen molar-refractivity contribution in [3.05, 3.63) is 34.1 Å². The molecule has 0 amide bonds. The van der Waals surface area contributed by atoms with E-state index < -0.39 is 0 Å². The van der Waals surface area contributed by atoms with Gasteiger partial charge in [0.05, 0.1) is 0 Å². The summed E-state index contributed by atoms with van der Waals surface area (Å²) in [7, 11) is 0. The zero-order valence-electron chi connectivity index (χ0n) is 10.1. The summed E-state index contributed by atoms with van der Waals surface area (Å²) in [6.45, 7) is 7.23. The lowest BCUT2D eigenvalue weighted by molar-refractivity contribution is 0.398. The van der Waals surface area contributed by atoms with E-state index in [1.165, 1.54) is 6.07 Å². The summed E-state index contributed by atoms with van der Waals surface area (Å²) in [6.07, 6.45) is 1.05. The molecule has 1 aromatic carbocycles. The zero-order valence-corrected chi connectivity index (χ0v) is 11.6. The van der Waals surface area contributed by atoms with Gasteiger partial charge in [-0.15, -0.1) is 0 Å². The summed E-state index contributed by atoms with van der Waals surface area (Å²) >= 11 is 3.39. The van der Waals surface area contributed by atoms with E-state index in [2.05, 4.69) is 42.0 Å². The van der Waals surface area contributed by atoms with Gasteiger partial charge in [-0.2, -0.15) is 0 Å². The SMILES string of the molecule is CCCNC(c1cc(Br)ccc1F)C(C)C. The number of hydrogen-bond acceptors (Lipinski definition) is 1. The van der Waals surface area contributed by atoms with Gasteiger partial charge in [-0.1, -0.05) is 36.7 Å². The molecule has 0 saturated heterocycles. The second-order valence-electron chi connectivity index (χ2n) is 4.34. The van der Waals surface area contributed by atoms with Crippen LogP contribution in [0.3, 0.4) is 0 Å². The van der Waals surface area contributed by atoms with Gasteiger partial charge in [0.15, 0.2) is 0 Å². The summed E-state index contributed by atoms with van der Waals surface area (Å²) in [5, 5.41) is 3.39. The van der Waals surface area contributed by atoms with Gasteiger partial charge in [-0.25, -0.2) is 4.39 Å². The molecule has 3 heteroatoms. The van der Waals surface area contributed by atoms with Crippen molar-refractivity contribution in [1.82, 2.24) is 5.32 Å². The minimum Gasteiger partial charge on any atom is -0.310 e. The molecule has 0 aliphatic carbocycles. The standard InChI is InChI=1S/C13H19BrFN/c1-4-7-16-13(9(2)3)11-8-10(14)5-6-12(11)15/h5-6,8-9,13,16H,4,7H2,1-3H3. The summed E-state index contributed by atoms with van der Waals surface area (Å²) in [5.74, 6) is 0.237. The Bertz CT molecular complexity index is 339. The van der Waals surface area contributed by atoms with Gasteiger partial charge in [0.25, 0.3) is 0 Å². The van der Waals surface area contributed by atoms with Crippen molar-refractivity contribution in [1.29, 1.82) is 0 Å². The summed E-state index contributed by atoms with van der Waals surface area (Å²) in [6, 6.07) is 5.19. The molecule has 0 aliphatic heterocycles. The lowest BCUT2D eigenvalue weighted by atomic mass is 9.95. The lowest BCUT2D eigenvalue weighted by Crippen LogP contribution is -2.27. The van der Waals surface area contributed by atoms with E-state index in [-0.39, 0.29) is 11.9 Å². The molecule has 1 N–H and O–H groups in total. The number of halogens is 2. The van der Waals surface area contributed by atoms with E-state index in [0.717, 1.165) is 23.0 Å². The molecule has 90 valence electrons. The molecule has 1 unspecified atom stereocenters. The predicted molar refractivity (Wildman–Crippen MR) is 70.0 cm³/mol. The fourth-order valence-electron chi connectivity index (χ4n) is 1.76. The van der Waals surface area contributed by atoms with Crippen molar-refractivity contribution in [2.24, 2.45) is 5.92 Å². The topological polar surface area (TPSA) is 12.0 Å². The Balaban J connectivity index is 2.95. The van der Waals surface area contributed by atoms with Crippen LogP contribution in [0, 0.1) is 11.7 Å². The minimum atomic E-state index is -0.134. The lowest BCUT2D eigenvalue weighted by Gasteiger charge is -2.23. The summed E-state index contributed by atoms with van der Waals surface area (Å²) < 4.78 is 14.7. The highest BCUT2D eigenvalue weighted by molar-refractivity contribution is 9.10. The van der Waals surface area contributed by atoms with Gasteiger partial charge in [0.1, 0.15) is 5.82 Å². The smallest absolute Gasteiger partial charge is 0.128 e. The molecular formula is C13H19BrFN. The highest BCUT2D eigenvalue weighted by atomic mass is 79.9. The molecule has 16 heavy (non-hydrogen) atoms. The van der Waals surface area contributed by atoms with Crippen molar-refractivity contribution in [3.63, 3.8) is 0 Å². The maximum Gasteiger partial charge on any atom is 0.128 e. The number of benzene rings is 1. The Morgan fingerprint density at radius 1 is 1.38 bits per heavy atom. The first kappa shape index (κ1) is 13.7. The number of hydrogen-bond donors (Lipinski definition) is 1. The average Bonchev–Trinajstić information content (AvgIpc) is 2.23. The number of rotatable bonds is 5. The predicted octanol–water partition coefficient (Wildman–Crippen LogP) is 4.28. The van der Waals surface area contributed by atoms with Crippen molar-refractivity contribution < 1.29 is 4.39 Å². The van der Waals surface area contributed by atoms with Gasteiger partial charge in [0, 0.05) is 16.1 Å². The molecule has 0 bridgehead atoms. The van der Waals surface area contributed by atoms with Crippen LogP contribution < -0.4 is 5.32 Å². The molecule has 0 aromatic heterocycles. The number of nitrogens with one attached hydrogen (secondary N) is 1. The monoisotopic (exact) mass is 287 g/mol. The van der Waals surface area contributed by atoms with Crippen LogP contribution >= 0.6 is 15.9 Å². The van der Waals surface area contributed by atoms with Crippen molar-refractivity contribution in [3.8, 4) is 0 Å². The molecule has 1 atom stereocenters. The largest absolute Gasteiger partial charge is 0.310 e. The van der Waals surface area contributed by atoms with Crippen LogP contribution in [0.4, 0.5) is 4.39 Å². The maximum atomic E-state index is 13.7. The van der Waals surface area contributed by atoms with E-state index in [1.54, 1.807) is 6.07 Å². The molecule has 1 aromatic rings. The molecular weight excluding hydrogens is 269 g/mol. The molecule has 0 aliphatic rings. The molecule has 1 nitrogen and oxygen atoms in total. The zero-order chi connectivity index (χ0) is 12.1. The van der Waals surface area contributed by atoms with Crippen LogP contribution in [0.5, 0.6) is 0 Å². The van der Waals surface area contributed by atoms with Gasteiger partial charge in [-0.05, 0) is 37.1 Å². The highest BCUT2D eigenvalue weighted by Gasteiger charge is 2.18. The second-order valence-corrected chi connectivity index (χ2v) is 5.26. The summed E-state index contributed by atoms with van der Waals surface area (Å²) in [4.78, 5) is 0. The Labute approximate surface area is 106 Å². The molecule has 0 spiro atoms. The normalized spacial score (nSPS) is 13.1. The van der Waals surface area contributed by atoms with Crippen LogP contribution in [-0.4, -0.2) is 6.54 Å². The van der Waals surface area contributed by atoms with Gasteiger partial charge in [-0.3, -0.25) is 0 Å². The van der Waals surface area contributed by atoms with Crippen LogP contribution in [0.15, 0.2) is 22.7 Å². The fourth-order valence-corrected chi connectivity index (χ4v) is 2.14. The van der Waals surface area contributed by atoms with Crippen LogP contribution in [0.25, 0.3) is 0 Å². The van der Waals surface area contributed by atoms with E-state index in [4.69, 9.17) is 0 Å². The van der Waals surface area contributed by atoms with Gasteiger partial charge in [0.2, 0.25) is 0 Å². The third-order valence-corrected chi connectivity index (χ3v) is 3.07.